The summed E-state index contributed by atoms with van der Waals surface area (Å²) in [5.41, 5.74) is 0. The van der Waals surface area contributed by atoms with Crippen molar-refractivity contribution in [2.45, 2.75) is 57.5 Å². The lowest BCUT2D eigenvalue weighted by molar-refractivity contribution is -0.594. The van der Waals surface area contributed by atoms with E-state index >= 15 is 0 Å². The fraction of sp³-hybridized carbons (Fsp3) is 0.550. The van der Waals surface area contributed by atoms with E-state index in [1.54, 1.807) is 11.1 Å². The molecule has 0 aromatic carbocycles. The molecule has 0 radical (unpaired) electrons. The van der Waals surface area contributed by atoms with Crippen LogP contribution in [0, 0.1) is 11.0 Å². The normalized spacial score (nSPS) is 17.2. The molecule has 1 N–H and O–H groups in total. The van der Waals surface area contributed by atoms with Gasteiger partial charge in [-0.2, -0.15) is 0 Å². The fourth-order valence-electron chi connectivity index (χ4n) is 3.51. The lowest BCUT2D eigenvalue weighted by Crippen LogP contribution is -2.49. The molecule has 7 nitrogen and oxygen atoms in total. The third kappa shape index (κ3) is 5.43. The van der Waals surface area contributed by atoms with Crippen LogP contribution in [-0.4, -0.2) is 42.4 Å². The van der Waals surface area contributed by atoms with Gasteiger partial charge in [0.2, 0.25) is 5.91 Å². The molecule has 1 aliphatic heterocycles. The van der Waals surface area contributed by atoms with E-state index in [0.29, 0.717) is 24.1 Å². The standard InChI is InChI=1S/C20H29FN4O3/c1-4-6-8-16(23(3)5-2)13-18(26)22-20(27)17-9-7-12-24(17)19-11-10-15(21)14-25(19)28/h5,10-11,14,16-17H,2,4,6-9,12-13H2,1,3H3,(H,22,26,27)/t16-,17-/m1/s1. The molecule has 1 aromatic heterocycles. The number of anilines is 1. The fourth-order valence-corrected chi connectivity index (χ4v) is 3.51. The molecule has 0 saturated carbocycles. The van der Waals surface area contributed by atoms with Crippen molar-refractivity contribution in [2.24, 2.45) is 0 Å². The van der Waals surface area contributed by atoms with Crippen LogP contribution in [-0.2, 0) is 9.59 Å². The van der Waals surface area contributed by atoms with E-state index in [-0.39, 0.29) is 24.2 Å². The molecule has 0 bridgehead atoms. The molecule has 1 aliphatic rings. The molecule has 0 aliphatic carbocycles. The number of carbonyl (C=O) groups is 2. The third-order valence-electron chi connectivity index (χ3n) is 5.15. The Labute approximate surface area is 165 Å². The Morgan fingerprint density at radius 2 is 2.29 bits per heavy atom. The second-order valence-electron chi connectivity index (χ2n) is 7.14. The number of pyridine rings is 1. The number of amides is 2. The second kappa shape index (κ2) is 10.1. The van der Waals surface area contributed by atoms with Crippen molar-refractivity contribution in [3.05, 3.63) is 42.1 Å². The van der Waals surface area contributed by atoms with Crippen LogP contribution < -0.4 is 14.9 Å². The maximum Gasteiger partial charge on any atom is 0.280 e. The van der Waals surface area contributed by atoms with Crippen LogP contribution in [0.4, 0.5) is 10.2 Å². The molecule has 2 heterocycles. The summed E-state index contributed by atoms with van der Waals surface area (Å²) >= 11 is 0. The van der Waals surface area contributed by atoms with E-state index < -0.39 is 17.8 Å². The van der Waals surface area contributed by atoms with Gasteiger partial charge in [-0.1, -0.05) is 26.3 Å². The molecule has 2 rings (SSSR count). The predicted molar refractivity (Wildman–Crippen MR) is 105 cm³/mol. The first-order chi connectivity index (χ1) is 13.4. The van der Waals surface area contributed by atoms with Gasteiger partial charge in [-0.05, 0) is 25.1 Å². The monoisotopic (exact) mass is 392 g/mol. The first kappa shape index (κ1) is 21.7. The molecule has 154 valence electrons. The van der Waals surface area contributed by atoms with E-state index in [1.807, 2.05) is 11.9 Å². The van der Waals surface area contributed by atoms with Crippen LogP contribution in [0.3, 0.4) is 0 Å². The predicted octanol–water partition coefficient (Wildman–Crippen LogP) is 2.09. The molecule has 0 spiro atoms. The van der Waals surface area contributed by atoms with Crippen LogP contribution in [0.5, 0.6) is 0 Å². The Bertz CT molecular complexity index is 713. The quantitative estimate of drug-likeness (QED) is 0.514. The lowest BCUT2D eigenvalue weighted by Gasteiger charge is -2.26. The summed E-state index contributed by atoms with van der Waals surface area (Å²) in [6.45, 7) is 6.32. The zero-order chi connectivity index (χ0) is 20.7. The maximum absolute atomic E-state index is 13.2. The highest BCUT2D eigenvalue weighted by Crippen LogP contribution is 2.23. The van der Waals surface area contributed by atoms with E-state index in [9.17, 15) is 19.2 Å². The molecular weight excluding hydrogens is 363 g/mol. The van der Waals surface area contributed by atoms with Gasteiger partial charge in [0.25, 0.3) is 11.7 Å². The summed E-state index contributed by atoms with van der Waals surface area (Å²) in [4.78, 5) is 28.6. The van der Waals surface area contributed by atoms with E-state index in [1.165, 1.54) is 12.1 Å². The van der Waals surface area contributed by atoms with Gasteiger partial charge >= 0.3 is 0 Å². The van der Waals surface area contributed by atoms with Gasteiger partial charge in [0.1, 0.15) is 6.20 Å². The number of aromatic nitrogens is 1. The number of imide groups is 1. The molecule has 8 heteroatoms. The smallest absolute Gasteiger partial charge is 0.280 e. The van der Waals surface area contributed by atoms with Gasteiger partial charge in [-0.15, -0.1) is 0 Å². The average Bonchev–Trinajstić information content (AvgIpc) is 3.14. The molecule has 1 saturated heterocycles. The minimum Gasteiger partial charge on any atom is -0.711 e. The van der Waals surface area contributed by atoms with Gasteiger partial charge in [0, 0.05) is 32.0 Å². The summed E-state index contributed by atoms with van der Waals surface area (Å²) in [6, 6.07) is 1.90. The van der Waals surface area contributed by atoms with Crippen LogP contribution in [0.15, 0.2) is 31.1 Å². The van der Waals surface area contributed by atoms with E-state index in [2.05, 4.69) is 18.8 Å². The Morgan fingerprint density at radius 3 is 2.93 bits per heavy atom. The number of carbonyl (C=O) groups excluding carboxylic acids is 2. The highest BCUT2D eigenvalue weighted by atomic mass is 19.1. The van der Waals surface area contributed by atoms with Crippen LogP contribution in [0.25, 0.3) is 0 Å². The van der Waals surface area contributed by atoms with E-state index in [0.717, 1.165) is 25.5 Å². The minimum absolute atomic E-state index is 0.0224. The van der Waals surface area contributed by atoms with Crippen LogP contribution in [0.2, 0.25) is 0 Å². The lowest BCUT2D eigenvalue weighted by atomic mass is 10.0. The van der Waals surface area contributed by atoms with Crippen molar-refractivity contribution < 1.29 is 18.7 Å². The minimum atomic E-state index is -0.640. The number of nitrogens with one attached hydrogen (secondary N) is 1. The number of halogens is 1. The summed E-state index contributed by atoms with van der Waals surface area (Å²) in [5.74, 6) is -1.21. The van der Waals surface area contributed by atoms with Gasteiger partial charge < -0.3 is 10.1 Å². The van der Waals surface area contributed by atoms with Crippen molar-refractivity contribution in [3.63, 3.8) is 0 Å². The zero-order valence-corrected chi connectivity index (χ0v) is 16.6. The number of rotatable bonds is 9. The number of hydrogen-bond acceptors (Lipinski definition) is 5. The number of hydrogen-bond donors (Lipinski definition) is 1. The summed E-state index contributed by atoms with van der Waals surface area (Å²) < 4.78 is 13.6. The van der Waals surface area contributed by atoms with E-state index in [4.69, 9.17) is 0 Å². The van der Waals surface area contributed by atoms with Crippen LogP contribution >= 0.6 is 0 Å². The van der Waals surface area contributed by atoms with Crippen molar-refractivity contribution in [2.75, 3.05) is 18.5 Å². The second-order valence-corrected chi connectivity index (χ2v) is 7.14. The first-order valence-electron chi connectivity index (χ1n) is 9.70. The highest BCUT2D eigenvalue weighted by Gasteiger charge is 2.38. The Balaban J connectivity index is 2.01. The van der Waals surface area contributed by atoms with Crippen molar-refractivity contribution >= 4 is 17.6 Å². The summed E-state index contributed by atoms with van der Waals surface area (Å²) in [6.07, 6.45) is 6.78. The third-order valence-corrected chi connectivity index (χ3v) is 5.15. The van der Waals surface area contributed by atoms with Gasteiger partial charge in [0.15, 0.2) is 11.9 Å². The van der Waals surface area contributed by atoms with Crippen LogP contribution in [0.1, 0.15) is 45.4 Å². The molecule has 1 aromatic rings. The summed E-state index contributed by atoms with van der Waals surface area (Å²) in [7, 11) is 1.86. The average molecular weight is 392 g/mol. The van der Waals surface area contributed by atoms with Crippen molar-refractivity contribution in [1.82, 2.24) is 10.2 Å². The van der Waals surface area contributed by atoms with Crippen molar-refractivity contribution in [1.29, 1.82) is 0 Å². The number of nitrogens with zero attached hydrogens (tertiary/aromatic N) is 3. The SMILES string of the molecule is C=CN(C)[C@H](CCCC)CC(=O)NC(=O)[C@H]1CCCN1c1ccc(F)c[n+]1[O-]. The molecule has 1 fully saturated rings. The van der Waals surface area contributed by atoms with Gasteiger partial charge in [0.05, 0.1) is 6.54 Å². The zero-order valence-electron chi connectivity index (χ0n) is 16.6. The van der Waals surface area contributed by atoms with Gasteiger partial charge in [-0.25, -0.2) is 14.0 Å². The molecule has 28 heavy (non-hydrogen) atoms. The molecule has 0 unspecified atom stereocenters. The summed E-state index contributed by atoms with van der Waals surface area (Å²) in [5, 5.41) is 14.5. The topological polar surface area (TPSA) is 79.6 Å². The Kier molecular flexibility index (Phi) is 7.78. The largest absolute Gasteiger partial charge is 0.711 e. The molecule has 2 amide bonds. The number of unbranched alkanes of at least 4 members (excludes halogenated alkanes) is 1. The van der Waals surface area contributed by atoms with Gasteiger partial charge in [-0.3, -0.25) is 14.9 Å². The maximum atomic E-state index is 13.2. The Hall–Kier alpha value is -2.64. The highest BCUT2D eigenvalue weighted by molar-refractivity contribution is 5.99. The first-order valence-corrected chi connectivity index (χ1v) is 9.70. The molecular formula is C20H29FN4O3. The Morgan fingerprint density at radius 1 is 1.54 bits per heavy atom. The van der Waals surface area contributed by atoms with Crippen molar-refractivity contribution in [3.8, 4) is 0 Å². The molecule has 2 atom stereocenters.